The molecule has 0 aromatic heterocycles. The van der Waals surface area contributed by atoms with Crippen molar-refractivity contribution in [2.75, 3.05) is 12.4 Å². The maximum absolute atomic E-state index is 12.5. The quantitative estimate of drug-likeness (QED) is 0.611. The van der Waals surface area contributed by atoms with E-state index < -0.39 is 24.0 Å². The topological polar surface area (TPSA) is 114 Å². The van der Waals surface area contributed by atoms with Crippen LogP contribution in [0.1, 0.15) is 18.4 Å². The van der Waals surface area contributed by atoms with E-state index in [0.717, 1.165) is 5.56 Å². The molecule has 0 aliphatic heterocycles. The molecule has 3 N–H and O–H groups in total. The summed E-state index contributed by atoms with van der Waals surface area (Å²) < 4.78 is 10.2. The first-order valence-corrected chi connectivity index (χ1v) is 8.62. The van der Waals surface area contributed by atoms with Crippen molar-refractivity contribution in [3.8, 4) is 5.75 Å². The highest BCUT2D eigenvalue weighted by Crippen LogP contribution is 2.15. The van der Waals surface area contributed by atoms with Crippen LogP contribution >= 0.6 is 0 Å². The number of anilines is 1. The summed E-state index contributed by atoms with van der Waals surface area (Å²) in [7, 11) is 1.53. The van der Waals surface area contributed by atoms with E-state index in [0.29, 0.717) is 11.4 Å². The highest BCUT2D eigenvalue weighted by molar-refractivity contribution is 5.96. The van der Waals surface area contributed by atoms with Crippen molar-refractivity contribution < 1.29 is 29.0 Å². The maximum Gasteiger partial charge on any atom is 0.408 e. The lowest BCUT2D eigenvalue weighted by atomic mass is 10.1. The average Bonchev–Trinajstić information content (AvgIpc) is 2.70. The van der Waals surface area contributed by atoms with Crippen LogP contribution in [0.25, 0.3) is 0 Å². The van der Waals surface area contributed by atoms with E-state index in [9.17, 15) is 14.4 Å². The standard InChI is InChI=1S/C20H22N2O6/c1-27-16-9-7-15(8-10-16)21-19(25)17(11-12-18(23)24)22-20(26)28-13-14-5-3-2-4-6-14/h2-10,17H,11-13H2,1H3,(H,21,25)(H,22,26)(H,23,24)/t17-/m0/s1. The molecule has 1 atom stereocenters. The fourth-order valence-corrected chi connectivity index (χ4v) is 2.35. The van der Waals surface area contributed by atoms with Gasteiger partial charge in [0.1, 0.15) is 18.4 Å². The summed E-state index contributed by atoms with van der Waals surface area (Å²) in [5.74, 6) is -0.979. The molecule has 2 amide bonds. The zero-order valence-corrected chi connectivity index (χ0v) is 15.4. The van der Waals surface area contributed by atoms with Crippen LogP contribution in [0.2, 0.25) is 0 Å². The van der Waals surface area contributed by atoms with E-state index in [4.69, 9.17) is 14.6 Å². The normalized spacial score (nSPS) is 11.2. The van der Waals surface area contributed by atoms with Gasteiger partial charge in [0, 0.05) is 12.1 Å². The predicted octanol–water partition coefficient (Wildman–Crippen LogP) is 2.79. The van der Waals surface area contributed by atoms with Crippen LogP contribution in [-0.2, 0) is 20.9 Å². The number of hydrogen-bond donors (Lipinski definition) is 3. The number of methoxy groups -OCH3 is 1. The summed E-state index contributed by atoms with van der Waals surface area (Å²) in [5, 5.41) is 14.0. The highest BCUT2D eigenvalue weighted by Gasteiger charge is 2.22. The number of amides is 2. The van der Waals surface area contributed by atoms with Gasteiger partial charge in [-0.3, -0.25) is 9.59 Å². The Bertz CT molecular complexity index is 792. The van der Waals surface area contributed by atoms with Gasteiger partial charge in [0.15, 0.2) is 0 Å². The number of aliphatic carboxylic acids is 1. The molecule has 0 saturated carbocycles. The van der Waals surface area contributed by atoms with Crippen molar-refractivity contribution in [2.45, 2.75) is 25.5 Å². The fraction of sp³-hybridized carbons (Fsp3) is 0.250. The molecule has 0 aliphatic rings. The first kappa shape index (κ1) is 20.8. The number of nitrogens with one attached hydrogen (secondary N) is 2. The molecule has 0 radical (unpaired) electrons. The molecular weight excluding hydrogens is 364 g/mol. The van der Waals surface area contributed by atoms with E-state index in [2.05, 4.69) is 10.6 Å². The number of carbonyl (C=O) groups excluding carboxylic acids is 2. The molecule has 8 heteroatoms. The van der Waals surface area contributed by atoms with Crippen molar-refractivity contribution >= 4 is 23.7 Å². The first-order valence-electron chi connectivity index (χ1n) is 8.62. The van der Waals surface area contributed by atoms with Crippen LogP contribution in [-0.4, -0.2) is 36.2 Å². The van der Waals surface area contributed by atoms with Crippen molar-refractivity contribution in [1.29, 1.82) is 0 Å². The molecule has 28 heavy (non-hydrogen) atoms. The van der Waals surface area contributed by atoms with Gasteiger partial charge in [-0.15, -0.1) is 0 Å². The van der Waals surface area contributed by atoms with E-state index in [1.54, 1.807) is 36.4 Å². The average molecular weight is 386 g/mol. The zero-order chi connectivity index (χ0) is 20.4. The van der Waals surface area contributed by atoms with Gasteiger partial charge in [-0.25, -0.2) is 4.79 Å². The lowest BCUT2D eigenvalue weighted by Crippen LogP contribution is -2.44. The third-order valence-corrected chi connectivity index (χ3v) is 3.83. The Balaban J connectivity index is 1.95. The minimum Gasteiger partial charge on any atom is -0.497 e. The van der Waals surface area contributed by atoms with E-state index >= 15 is 0 Å². The van der Waals surface area contributed by atoms with Gasteiger partial charge in [-0.05, 0) is 36.2 Å². The van der Waals surface area contributed by atoms with Gasteiger partial charge >= 0.3 is 12.1 Å². The summed E-state index contributed by atoms with van der Waals surface area (Å²) >= 11 is 0. The molecule has 0 fully saturated rings. The van der Waals surface area contributed by atoms with Crippen LogP contribution in [0.5, 0.6) is 5.75 Å². The molecule has 2 aromatic carbocycles. The lowest BCUT2D eigenvalue weighted by Gasteiger charge is -2.18. The second kappa shape index (κ2) is 10.6. The zero-order valence-electron chi connectivity index (χ0n) is 15.4. The smallest absolute Gasteiger partial charge is 0.408 e. The molecule has 0 unspecified atom stereocenters. The largest absolute Gasteiger partial charge is 0.497 e. The molecule has 2 aromatic rings. The molecule has 148 valence electrons. The lowest BCUT2D eigenvalue weighted by molar-refractivity contribution is -0.137. The number of ether oxygens (including phenoxy) is 2. The second-order valence-electron chi connectivity index (χ2n) is 5.91. The van der Waals surface area contributed by atoms with Gasteiger partial charge in [-0.1, -0.05) is 30.3 Å². The van der Waals surface area contributed by atoms with Crippen LogP contribution in [0.4, 0.5) is 10.5 Å². The number of benzene rings is 2. The number of rotatable bonds is 9. The monoisotopic (exact) mass is 386 g/mol. The third kappa shape index (κ3) is 6.99. The Morgan fingerprint density at radius 2 is 1.71 bits per heavy atom. The minimum absolute atomic E-state index is 0.0401. The van der Waals surface area contributed by atoms with Crippen LogP contribution in [0.3, 0.4) is 0 Å². The molecule has 0 saturated heterocycles. The Morgan fingerprint density at radius 3 is 2.32 bits per heavy atom. The molecule has 0 aliphatic carbocycles. The second-order valence-corrected chi connectivity index (χ2v) is 5.91. The summed E-state index contributed by atoms with van der Waals surface area (Å²) in [6.45, 7) is 0.0401. The van der Waals surface area contributed by atoms with Crippen molar-refractivity contribution in [3.63, 3.8) is 0 Å². The Labute approximate surface area is 162 Å². The summed E-state index contributed by atoms with van der Waals surface area (Å²) in [4.78, 5) is 35.4. The number of carboxylic acids is 1. The number of carboxylic acid groups (broad SMARTS) is 1. The first-order chi connectivity index (χ1) is 13.5. The Morgan fingerprint density at radius 1 is 1.04 bits per heavy atom. The molecule has 8 nitrogen and oxygen atoms in total. The third-order valence-electron chi connectivity index (χ3n) is 3.83. The van der Waals surface area contributed by atoms with Gasteiger partial charge in [0.2, 0.25) is 5.91 Å². The minimum atomic E-state index is -1.07. The van der Waals surface area contributed by atoms with Crippen molar-refractivity contribution in [2.24, 2.45) is 0 Å². The van der Waals surface area contributed by atoms with Crippen molar-refractivity contribution in [1.82, 2.24) is 5.32 Å². The van der Waals surface area contributed by atoms with Gasteiger partial charge in [0.05, 0.1) is 7.11 Å². The highest BCUT2D eigenvalue weighted by atomic mass is 16.5. The molecule has 0 bridgehead atoms. The van der Waals surface area contributed by atoms with Crippen LogP contribution in [0, 0.1) is 0 Å². The maximum atomic E-state index is 12.5. The van der Waals surface area contributed by atoms with Crippen LogP contribution in [0.15, 0.2) is 54.6 Å². The fourth-order valence-electron chi connectivity index (χ4n) is 2.35. The van der Waals surface area contributed by atoms with Crippen LogP contribution < -0.4 is 15.4 Å². The van der Waals surface area contributed by atoms with E-state index in [1.807, 2.05) is 18.2 Å². The van der Waals surface area contributed by atoms with E-state index in [-0.39, 0.29) is 19.4 Å². The van der Waals surface area contributed by atoms with Crippen molar-refractivity contribution in [3.05, 3.63) is 60.2 Å². The molecule has 0 heterocycles. The predicted molar refractivity (Wildman–Crippen MR) is 102 cm³/mol. The Hall–Kier alpha value is -3.55. The SMILES string of the molecule is COc1ccc(NC(=O)[C@H](CCC(=O)O)NC(=O)OCc2ccccc2)cc1. The molecule has 0 spiro atoms. The molecular formula is C20H22N2O6. The summed E-state index contributed by atoms with van der Waals surface area (Å²) in [5.41, 5.74) is 1.29. The summed E-state index contributed by atoms with van der Waals surface area (Å²) in [6.07, 6.45) is -1.15. The number of hydrogen-bond acceptors (Lipinski definition) is 5. The Kier molecular flexibility index (Phi) is 7.83. The van der Waals surface area contributed by atoms with Gasteiger partial charge < -0.3 is 25.2 Å². The van der Waals surface area contributed by atoms with Gasteiger partial charge in [-0.2, -0.15) is 0 Å². The van der Waals surface area contributed by atoms with Gasteiger partial charge in [0.25, 0.3) is 0 Å². The van der Waals surface area contributed by atoms with E-state index in [1.165, 1.54) is 7.11 Å². The molecule has 2 rings (SSSR count). The number of carbonyl (C=O) groups is 3. The number of alkyl carbamates (subject to hydrolysis) is 1. The summed E-state index contributed by atoms with van der Waals surface area (Å²) in [6, 6.07) is 14.6.